The van der Waals surface area contributed by atoms with E-state index in [1.807, 2.05) is 107 Å². The summed E-state index contributed by atoms with van der Waals surface area (Å²) in [5, 5.41) is 46.5. The molecular weight excluding hydrogens is 1850 g/mol. The second kappa shape index (κ2) is 60.2. The molecule has 2 aromatic heterocycles. The number of esters is 1. The van der Waals surface area contributed by atoms with Crippen molar-refractivity contribution in [3.63, 3.8) is 0 Å². The first-order valence-electron chi connectivity index (χ1n) is 49.1. The summed E-state index contributed by atoms with van der Waals surface area (Å²) < 4.78 is 41.8. The summed E-state index contributed by atoms with van der Waals surface area (Å²) in [5.74, 6) is -3.79. The average molecular weight is 1990 g/mol. The number of aliphatic carboxylic acids is 1. The zero-order chi connectivity index (χ0) is 103. The zero-order valence-corrected chi connectivity index (χ0v) is 84.8. The number of H-pyrrole nitrogens is 1. The van der Waals surface area contributed by atoms with Crippen molar-refractivity contribution < 1.29 is 110 Å². The quantitative estimate of drug-likeness (QED) is 0.00555. The van der Waals surface area contributed by atoms with E-state index in [1.165, 1.54) is 17.4 Å². The molecule has 8 rings (SSSR count). The maximum atomic E-state index is 15.0. The minimum atomic E-state index is -1.31. The first-order valence-corrected chi connectivity index (χ1v) is 50.0. The highest BCUT2D eigenvalue weighted by Crippen LogP contribution is 2.41. The van der Waals surface area contributed by atoms with Crippen LogP contribution >= 0.6 is 11.3 Å². The number of ether oxygens (including phenoxy) is 7. The molecule has 4 heterocycles. The van der Waals surface area contributed by atoms with E-state index in [0.717, 1.165) is 58.8 Å². The number of amides is 12. The molecule has 2 aliphatic heterocycles. The van der Waals surface area contributed by atoms with Gasteiger partial charge in [-0.1, -0.05) is 129 Å². The molecule has 0 unspecified atom stereocenters. The highest BCUT2D eigenvalue weighted by molar-refractivity contribution is 7.09. The van der Waals surface area contributed by atoms with E-state index in [2.05, 4.69) is 63.9 Å². The smallest absolute Gasteiger partial charge is 0.411 e. The van der Waals surface area contributed by atoms with Gasteiger partial charge in [-0.3, -0.25) is 67.8 Å². The number of rotatable bonds is 62. The minimum Gasteiger partial charge on any atom is -0.481 e. The van der Waals surface area contributed by atoms with Crippen LogP contribution in [0.4, 0.5) is 26.7 Å². The molecule has 39 nitrogen and oxygen atoms in total. The van der Waals surface area contributed by atoms with Crippen molar-refractivity contribution in [2.24, 2.45) is 34.8 Å². The number of anilines is 3. The van der Waals surface area contributed by atoms with Gasteiger partial charge in [0.15, 0.2) is 6.10 Å². The van der Waals surface area contributed by atoms with Crippen LogP contribution in [-0.2, 0) is 112 Å². The topological polar surface area (TPSA) is 505 Å². The molecule has 8 atom stereocenters. The number of hydrogen-bond donors (Lipinski definition) is 12. The number of aryl methyl sites for hydroxylation is 1. The van der Waals surface area contributed by atoms with Crippen molar-refractivity contribution in [2.45, 2.75) is 241 Å². The number of nitrogens with two attached hydrogens (primary N) is 1. The number of para-hydroxylation sites is 1. The first kappa shape index (κ1) is 115. The Morgan fingerprint density at radius 1 is 0.669 bits per heavy atom. The number of nitrogens with one attached hydrogen (secondary N) is 10. The Balaban J connectivity index is 0.723. The van der Waals surface area contributed by atoms with Gasteiger partial charge < -0.3 is 91.4 Å². The summed E-state index contributed by atoms with van der Waals surface area (Å²) in [5.41, 5.74) is 10.9. The van der Waals surface area contributed by atoms with Crippen molar-refractivity contribution in [3.8, 4) is 34.9 Å². The highest BCUT2D eigenvalue weighted by Gasteiger charge is 2.42. The Morgan fingerprint density at radius 3 is 1.97 bits per heavy atom. The minimum absolute atomic E-state index is 0.0104. The van der Waals surface area contributed by atoms with Gasteiger partial charge in [-0.05, 0) is 150 Å². The number of urea groups is 1. The number of carboxylic acid groups (broad SMARTS) is 1. The summed E-state index contributed by atoms with van der Waals surface area (Å²) in [6.07, 6.45) is 9.24. The highest BCUT2D eigenvalue weighted by atomic mass is 32.1. The maximum absolute atomic E-state index is 15.0. The Labute approximate surface area is 835 Å². The average Bonchev–Trinajstić information content (AvgIpc) is 1.68. The molecule has 0 bridgehead atoms. The SMILES string of the molecule is C#CCCCON(C(=O)[C@@H](NC(=O)[C@H]1CCCCN1C)[C@@H](C)CC)[C@H](C[C@@H](OC(C)=O)c1nc(C(=O)N[C@@H](Cc2ccc(NC(=O)OCc3ccc(NC(=O)[C@H](CCCNC(N)=O)NC(=O)[C@@H](NC(=O)CCOCCOCCOCCOCCNC(=O)CCC(=O)N4Cc5ccccc5-c5[nH]n[n+](CCCOCCCNC(=O)C(C)C)c5-c5ccccc54)C(C)C)cc3)cc2)CC(C)(C)C(=O)O)cs1)C(C)C. The third-order valence-electron chi connectivity index (χ3n) is 24.3. The predicted octanol–water partition coefficient (Wildman–Crippen LogP) is 9.77. The van der Waals surface area contributed by atoms with Gasteiger partial charge in [-0.15, -0.1) is 33.5 Å². The normalized spacial score (nSPS) is 14.5. The Kier molecular flexibility index (Phi) is 48.7. The number of carboxylic acids is 1. The van der Waals surface area contributed by atoms with Crippen molar-refractivity contribution in [1.29, 1.82) is 0 Å². The molecule has 12 amide bonds. The summed E-state index contributed by atoms with van der Waals surface area (Å²) >= 11 is 1.06. The van der Waals surface area contributed by atoms with Gasteiger partial charge in [0, 0.05) is 106 Å². The summed E-state index contributed by atoms with van der Waals surface area (Å²) in [6.45, 7) is 24.2. The Bertz CT molecular complexity index is 5120. The van der Waals surface area contributed by atoms with Crippen LogP contribution in [0.2, 0.25) is 0 Å². The van der Waals surface area contributed by atoms with E-state index < -0.39 is 107 Å². The van der Waals surface area contributed by atoms with Crippen LogP contribution in [0.1, 0.15) is 211 Å². The molecule has 142 heavy (non-hydrogen) atoms. The van der Waals surface area contributed by atoms with Crippen LogP contribution in [0, 0.1) is 41.4 Å². The second-order valence-electron chi connectivity index (χ2n) is 37.0. The molecule has 40 heteroatoms. The summed E-state index contributed by atoms with van der Waals surface area (Å²) in [6, 6.07) is 22.8. The van der Waals surface area contributed by atoms with Crippen LogP contribution in [-0.4, -0.2) is 250 Å². The number of likely N-dealkylation sites (N-methyl/N-ethyl adjacent to an activating group) is 1. The maximum Gasteiger partial charge on any atom is 0.411 e. The first-order chi connectivity index (χ1) is 68.1. The van der Waals surface area contributed by atoms with Crippen molar-refractivity contribution >= 4 is 106 Å². The van der Waals surface area contributed by atoms with E-state index in [4.69, 9.17) is 55.4 Å². The number of piperidine rings is 1. The van der Waals surface area contributed by atoms with E-state index in [9.17, 15) is 67.4 Å². The molecule has 0 aliphatic carbocycles. The lowest BCUT2D eigenvalue weighted by molar-refractivity contribution is -0.744. The molecule has 6 aromatic rings. The number of thiazole rings is 1. The number of hydrogen-bond acceptors (Lipinski definition) is 25. The number of aromatic amines is 1. The van der Waals surface area contributed by atoms with E-state index in [-0.39, 0.29) is 189 Å². The third-order valence-corrected chi connectivity index (χ3v) is 25.2. The van der Waals surface area contributed by atoms with Crippen LogP contribution in [0.3, 0.4) is 0 Å². The number of terminal acetylenes is 1. The molecule has 776 valence electrons. The Morgan fingerprint density at radius 2 is 1.32 bits per heavy atom. The number of fused-ring (bicyclic) bond motifs is 5. The van der Waals surface area contributed by atoms with Crippen LogP contribution in [0.25, 0.3) is 22.5 Å². The van der Waals surface area contributed by atoms with E-state index in [0.29, 0.717) is 93.0 Å². The largest absolute Gasteiger partial charge is 0.481 e. The number of likely N-dealkylation sites (tertiary alicyclic amines) is 1. The number of aromatic nitrogens is 4. The van der Waals surface area contributed by atoms with Crippen molar-refractivity contribution in [1.82, 2.24) is 62.5 Å². The number of carbonyl (C=O) groups excluding carboxylic acids is 12. The number of nitrogens with zero attached hydrogens (tertiary/aromatic N) is 6. The summed E-state index contributed by atoms with van der Waals surface area (Å²) in [4.78, 5) is 188. The fraction of sp³-hybridized carbons (Fsp3) is 0.569. The Hall–Kier alpha value is -12.4. The molecule has 1 saturated heterocycles. The van der Waals surface area contributed by atoms with Gasteiger partial charge in [0.25, 0.3) is 11.8 Å². The fourth-order valence-electron chi connectivity index (χ4n) is 16.0. The van der Waals surface area contributed by atoms with Gasteiger partial charge in [-0.25, -0.2) is 19.6 Å². The van der Waals surface area contributed by atoms with Crippen molar-refractivity contribution in [3.05, 3.63) is 130 Å². The van der Waals surface area contributed by atoms with Gasteiger partial charge in [0.05, 0.1) is 107 Å². The van der Waals surface area contributed by atoms with Crippen molar-refractivity contribution in [2.75, 3.05) is 121 Å². The van der Waals surface area contributed by atoms with Crippen LogP contribution in [0.15, 0.2) is 102 Å². The van der Waals surface area contributed by atoms with Gasteiger partial charge in [0.2, 0.25) is 52.7 Å². The lowest BCUT2D eigenvalue weighted by atomic mass is 9.84. The molecule has 0 saturated carbocycles. The lowest BCUT2D eigenvalue weighted by Crippen LogP contribution is -2.58. The summed E-state index contributed by atoms with van der Waals surface area (Å²) in [7, 11) is 1.90. The fourth-order valence-corrected chi connectivity index (χ4v) is 16.9. The van der Waals surface area contributed by atoms with Gasteiger partial charge >= 0.3 is 24.1 Å². The molecule has 2 aliphatic rings. The van der Waals surface area contributed by atoms with Gasteiger partial charge in [-0.2, -0.15) is 0 Å². The second-order valence-corrected chi connectivity index (χ2v) is 37.9. The van der Waals surface area contributed by atoms with E-state index in [1.54, 1.807) is 81.1 Å². The van der Waals surface area contributed by atoms with Crippen LogP contribution < -0.4 is 63.2 Å². The lowest BCUT2D eigenvalue weighted by Gasteiger charge is -2.39. The monoisotopic (exact) mass is 1990 g/mol. The number of benzene rings is 4. The standard InChI is InChI=1S/C102H145N17O22S/c1-14-16-23-51-140-119(98(129)89(69(9)15-2)113-95(127)82-32-21-22-47-116(82)13)83(66(3)4)61-84(141-70(10)120)97-111-80(65-142-97)94(126)108-76(62-102(11,12)99(130)131)60-71-33-37-75(38-34-71)109-101(133)139-64-72-35-39-74(40-36-72)107-93(125)79(30-24-44-106-100(103)132)110-96(128)88(67(5)6)112-86(122)43-52-135-54-56-137-58-59-138-57-55-136-53-46-104-85(121)41-42-87(123)117-63-73-27-17-18-28-77(73)90-91(78-29-19-20-31-81(78)117)118(115-114-90)48-26-50-134-49-25-45-105-92(124)68(7)8/h1,17-20,27-29,31,33-40,65-69,76,79,82-84,88-89H,15-16,21-26,30,32,41-64H2,2-13H3,(H12,103,104,105,106,107,108,109,110,112,113,121,122,124,125,126,127,128,130,131,132,133)/p+1/t69-,76-,79-,82+,83+,84+,88-,89-/m0/s1. The molecule has 0 radical (unpaired) electrons. The van der Waals surface area contributed by atoms with Gasteiger partial charge in [0.1, 0.15) is 42.0 Å². The molecule has 1 fully saturated rings. The zero-order valence-electron chi connectivity index (χ0n) is 84.0. The van der Waals surface area contributed by atoms with E-state index >= 15 is 0 Å². The van der Waals surface area contributed by atoms with Crippen LogP contribution in [0.5, 0.6) is 0 Å². The number of unbranched alkanes of at least 4 members (excludes halogenated alkanes) is 1. The third kappa shape index (κ3) is 38.2. The molecule has 4 aromatic carbocycles. The number of hydroxylamine groups is 2. The number of primary amides is 1. The predicted molar refractivity (Wildman–Crippen MR) is 533 cm³/mol. The molecule has 0 spiro atoms. The molecule has 13 N–H and O–H groups in total. The molecular formula is C102H146N17O22S+. The number of carbonyl (C=O) groups is 13.